The largest absolute Gasteiger partial charge is 0.372 e. The molecule has 0 rings (SSSR count). The highest BCUT2D eigenvalue weighted by Gasteiger charge is 2.43. The van der Waals surface area contributed by atoms with Crippen LogP contribution in [0.2, 0.25) is 0 Å². The maximum atomic E-state index is 12.0. The highest BCUT2D eigenvalue weighted by molar-refractivity contribution is 7.86. The molecular weight excluding hydrogens is 166 g/mol. The summed E-state index contributed by atoms with van der Waals surface area (Å²) in [6.45, 7) is 1.37. The van der Waals surface area contributed by atoms with E-state index in [0.717, 1.165) is 0 Å². The van der Waals surface area contributed by atoms with Gasteiger partial charge in [-0.3, -0.25) is 0 Å². The Morgan fingerprint density at radius 2 is 1.80 bits per heavy atom. The van der Waals surface area contributed by atoms with E-state index in [1.807, 2.05) is 0 Å². The number of hydrogen-bond donors (Lipinski definition) is 0. The minimum Gasteiger partial charge on any atom is -0.190 e. The molecule has 0 unspecified atom stereocenters. The van der Waals surface area contributed by atoms with E-state index in [0.29, 0.717) is 0 Å². The topological polar surface area (TPSA) is 54.0 Å². The monoisotopic (exact) mass is 173 g/mol. The fourth-order valence-electron chi connectivity index (χ4n) is 0.416. The normalized spacial score (nSPS) is 13.6. The molecule has 0 spiro atoms. The van der Waals surface area contributed by atoms with Gasteiger partial charge in [0.1, 0.15) is 0 Å². The van der Waals surface area contributed by atoms with Crippen LogP contribution in [0.3, 0.4) is 0 Å². The van der Waals surface area contributed by atoms with E-state index in [9.17, 15) is 21.8 Å². The van der Waals surface area contributed by atoms with Crippen molar-refractivity contribution in [3.05, 3.63) is 0 Å². The zero-order chi connectivity index (χ0) is 8.41. The van der Waals surface area contributed by atoms with E-state index in [-0.39, 0.29) is 6.42 Å². The molecule has 0 fully saturated rings. The summed E-state index contributed by atoms with van der Waals surface area (Å²) < 4.78 is 53.3. The molecule has 0 heterocycles. The van der Waals surface area contributed by atoms with Crippen LogP contribution in [0.15, 0.2) is 0 Å². The smallest absolute Gasteiger partial charge is 0.190 e. The molecule has 0 aliphatic carbocycles. The molecule has 0 N–H and O–H groups in total. The van der Waals surface area contributed by atoms with Crippen molar-refractivity contribution < 1.29 is 21.8 Å². The van der Waals surface area contributed by atoms with Crippen molar-refractivity contribution in [3.63, 3.8) is 0 Å². The first-order valence-electron chi connectivity index (χ1n) is 2.64. The molecule has 0 amide bonds. The Morgan fingerprint density at radius 1 is 1.40 bits per heavy atom. The molecule has 0 saturated heterocycles. The maximum absolute atomic E-state index is 12.0. The SMILES string of the molecule is CCCC(F)(F)S([O])(=O)=O. The maximum Gasteiger partial charge on any atom is 0.372 e. The molecule has 6 heteroatoms. The summed E-state index contributed by atoms with van der Waals surface area (Å²) in [5.41, 5.74) is 0. The Labute approximate surface area is 57.8 Å². The Morgan fingerprint density at radius 3 is 1.90 bits per heavy atom. The molecular formula is C4H7F2O3S. The molecule has 0 saturated carbocycles. The van der Waals surface area contributed by atoms with Gasteiger partial charge in [0, 0.05) is 6.42 Å². The van der Waals surface area contributed by atoms with E-state index in [2.05, 4.69) is 0 Å². The second-order valence-corrected chi connectivity index (χ2v) is 3.35. The summed E-state index contributed by atoms with van der Waals surface area (Å²) in [6, 6.07) is 0. The van der Waals surface area contributed by atoms with Crippen molar-refractivity contribution in [2.24, 2.45) is 0 Å². The summed E-state index contributed by atoms with van der Waals surface area (Å²) >= 11 is 0. The summed E-state index contributed by atoms with van der Waals surface area (Å²) in [5, 5.41) is -4.10. The van der Waals surface area contributed by atoms with E-state index >= 15 is 0 Å². The molecule has 0 aromatic carbocycles. The lowest BCUT2D eigenvalue weighted by Crippen LogP contribution is -2.26. The van der Waals surface area contributed by atoms with E-state index in [1.54, 1.807) is 0 Å². The van der Waals surface area contributed by atoms with E-state index in [1.165, 1.54) is 6.92 Å². The molecule has 0 bridgehead atoms. The zero-order valence-corrected chi connectivity index (χ0v) is 6.12. The van der Waals surface area contributed by atoms with Crippen LogP contribution >= 0.6 is 0 Å². The first kappa shape index (κ1) is 9.77. The molecule has 0 atom stereocenters. The van der Waals surface area contributed by atoms with Crippen molar-refractivity contribution in [2.75, 3.05) is 0 Å². The number of hydrogen-bond acceptors (Lipinski definition) is 2. The van der Waals surface area contributed by atoms with Crippen LogP contribution in [0.25, 0.3) is 0 Å². The highest BCUT2D eigenvalue weighted by atomic mass is 32.2. The van der Waals surface area contributed by atoms with Gasteiger partial charge in [-0.25, -0.2) is 0 Å². The summed E-state index contributed by atoms with van der Waals surface area (Å²) in [4.78, 5) is 0. The first-order chi connectivity index (χ1) is 4.31. The molecule has 0 aromatic rings. The quantitative estimate of drug-likeness (QED) is 0.642. The highest BCUT2D eigenvalue weighted by Crippen LogP contribution is 2.25. The van der Waals surface area contributed by atoms with Crippen LogP contribution < -0.4 is 0 Å². The van der Waals surface area contributed by atoms with Crippen LogP contribution in [-0.2, 0) is 14.7 Å². The third kappa shape index (κ3) is 2.18. The molecule has 10 heavy (non-hydrogen) atoms. The zero-order valence-electron chi connectivity index (χ0n) is 5.30. The standard InChI is InChI=1S/C4H7F2O3S/c1-2-3-4(5,6)10(7,8)9/h2-3H2,1H3. The minimum atomic E-state index is -5.45. The molecule has 0 aliphatic heterocycles. The lowest BCUT2D eigenvalue weighted by molar-refractivity contribution is 0.0662. The number of halogens is 2. The van der Waals surface area contributed by atoms with Gasteiger partial charge in [-0.1, -0.05) is 11.5 Å². The first-order valence-corrected chi connectivity index (χ1v) is 4.05. The Kier molecular flexibility index (Phi) is 2.73. The van der Waals surface area contributed by atoms with Crippen molar-refractivity contribution in [1.29, 1.82) is 0 Å². The van der Waals surface area contributed by atoms with Gasteiger partial charge in [0.15, 0.2) is 0 Å². The summed E-state index contributed by atoms with van der Waals surface area (Å²) in [6.07, 6.45) is -0.937. The van der Waals surface area contributed by atoms with Crippen molar-refractivity contribution in [2.45, 2.75) is 25.0 Å². The van der Waals surface area contributed by atoms with Gasteiger partial charge >= 0.3 is 15.4 Å². The van der Waals surface area contributed by atoms with Gasteiger partial charge < -0.3 is 0 Å². The fourth-order valence-corrected chi connectivity index (χ4v) is 0.870. The van der Waals surface area contributed by atoms with Crippen LogP contribution in [-0.4, -0.2) is 13.7 Å². The lowest BCUT2D eigenvalue weighted by Gasteiger charge is -2.08. The number of alkyl halides is 2. The molecule has 3 nitrogen and oxygen atoms in total. The Balaban J connectivity index is 4.42. The molecule has 0 aliphatic rings. The Hall–Kier alpha value is -0.230. The predicted molar refractivity (Wildman–Crippen MR) is 29.5 cm³/mol. The fraction of sp³-hybridized carbons (Fsp3) is 1.00. The van der Waals surface area contributed by atoms with E-state index in [4.69, 9.17) is 0 Å². The third-order valence-electron chi connectivity index (χ3n) is 0.907. The second-order valence-electron chi connectivity index (χ2n) is 1.84. The van der Waals surface area contributed by atoms with Gasteiger partial charge in [-0.2, -0.15) is 17.2 Å². The molecule has 0 aromatic heterocycles. The van der Waals surface area contributed by atoms with Gasteiger partial charge in [-0.05, 0) is 6.42 Å². The second kappa shape index (κ2) is 2.79. The van der Waals surface area contributed by atoms with Gasteiger partial charge in [0.25, 0.3) is 0 Å². The molecule has 61 valence electrons. The number of rotatable bonds is 3. The van der Waals surface area contributed by atoms with Crippen molar-refractivity contribution >= 4 is 10.1 Å². The summed E-state index contributed by atoms with van der Waals surface area (Å²) in [5.74, 6) is 0. The van der Waals surface area contributed by atoms with Crippen LogP contribution in [0.1, 0.15) is 19.8 Å². The van der Waals surface area contributed by atoms with Gasteiger partial charge in [0.05, 0.1) is 0 Å². The van der Waals surface area contributed by atoms with E-state index < -0.39 is 21.8 Å². The average molecular weight is 173 g/mol. The average Bonchev–Trinajstić information content (AvgIpc) is 1.61. The minimum absolute atomic E-state index is 0.0333. The third-order valence-corrected chi connectivity index (χ3v) is 1.84. The lowest BCUT2D eigenvalue weighted by atomic mass is 10.3. The van der Waals surface area contributed by atoms with Crippen molar-refractivity contribution in [3.8, 4) is 0 Å². The summed E-state index contributed by atoms with van der Waals surface area (Å²) in [7, 11) is -5.45. The van der Waals surface area contributed by atoms with Gasteiger partial charge in [0.2, 0.25) is 0 Å². The van der Waals surface area contributed by atoms with Crippen LogP contribution in [0.5, 0.6) is 0 Å². The predicted octanol–water partition coefficient (Wildman–Crippen LogP) is 1.14. The van der Waals surface area contributed by atoms with Crippen LogP contribution in [0, 0.1) is 0 Å². The Bertz CT molecular complexity index is 197. The molecule has 1 radical (unpaired) electrons. The van der Waals surface area contributed by atoms with Crippen molar-refractivity contribution in [1.82, 2.24) is 0 Å². The van der Waals surface area contributed by atoms with Gasteiger partial charge in [-0.15, -0.1) is 0 Å². The van der Waals surface area contributed by atoms with Crippen LogP contribution in [0.4, 0.5) is 8.78 Å².